The van der Waals surface area contributed by atoms with E-state index in [1.807, 2.05) is 0 Å². The van der Waals surface area contributed by atoms with Crippen LogP contribution in [-0.2, 0) is 5.92 Å². The number of nitrogens with two attached hydrogens (primary N) is 1. The number of benzene rings is 1. The minimum absolute atomic E-state index is 0.0155. The summed E-state index contributed by atoms with van der Waals surface area (Å²) >= 11 is 5.26. The highest BCUT2D eigenvalue weighted by atomic mass is 35.5. The van der Waals surface area contributed by atoms with Crippen LogP contribution in [0.25, 0.3) is 0 Å². The molecule has 1 nitrogen and oxygen atoms in total. The molecule has 0 aromatic heterocycles. The van der Waals surface area contributed by atoms with Gasteiger partial charge in [-0.25, -0.2) is 0 Å². The van der Waals surface area contributed by atoms with Crippen molar-refractivity contribution in [1.82, 2.24) is 0 Å². The van der Waals surface area contributed by atoms with Crippen molar-refractivity contribution in [1.29, 1.82) is 0 Å². The van der Waals surface area contributed by atoms with E-state index in [0.717, 1.165) is 12.1 Å². The van der Waals surface area contributed by atoms with Crippen molar-refractivity contribution in [2.75, 3.05) is 5.73 Å². The van der Waals surface area contributed by atoms with Crippen LogP contribution in [0.5, 0.6) is 0 Å². The standard InChI is InChI=1S/C8H5ClF5N/c9-6-3-4(15)1-2-5(6)7(10,11)8(12,13)14/h1-3H,15H2. The molecule has 0 heterocycles. The third kappa shape index (κ3) is 2.14. The van der Waals surface area contributed by atoms with Crippen LogP contribution < -0.4 is 5.73 Å². The molecular formula is C8H5ClF5N. The van der Waals surface area contributed by atoms with E-state index >= 15 is 0 Å². The van der Waals surface area contributed by atoms with Crippen LogP contribution >= 0.6 is 11.6 Å². The SMILES string of the molecule is Nc1ccc(C(F)(F)C(F)(F)F)c(Cl)c1. The first-order chi connectivity index (χ1) is 6.66. The number of hydrogen-bond acceptors (Lipinski definition) is 1. The van der Waals surface area contributed by atoms with E-state index in [1.54, 1.807) is 0 Å². The van der Waals surface area contributed by atoms with Crippen molar-refractivity contribution in [2.45, 2.75) is 12.1 Å². The first-order valence-corrected chi connectivity index (χ1v) is 4.04. The summed E-state index contributed by atoms with van der Waals surface area (Å²) in [6.07, 6.45) is -5.67. The highest BCUT2D eigenvalue weighted by Gasteiger charge is 2.59. The summed E-state index contributed by atoms with van der Waals surface area (Å²) in [5, 5.41) is -0.711. The van der Waals surface area contributed by atoms with Gasteiger partial charge in [0.15, 0.2) is 0 Å². The largest absolute Gasteiger partial charge is 0.458 e. The second-order valence-electron chi connectivity index (χ2n) is 2.81. The molecule has 1 rings (SSSR count). The minimum atomic E-state index is -5.67. The van der Waals surface area contributed by atoms with Gasteiger partial charge in [-0.3, -0.25) is 0 Å². The van der Waals surface area contributed by atoms with Crippen molar-refractivity contribution in [3.05, 3.63) is 28.8 Å². The van der Waals surface area contributed by atoms with Gasteiger partial charge in [-0.1, -0.05) is 11.6 Å². The molecule has 0 saturated heterocycles. The Morgan fingerprint density at radius 1 is 1.07 bits per heavy atom. The molecule has 0 unspecified atom stereocenters. The van der Waals surface area contributed by atoms with Crippen LogP contribution in [-0.4, -0.2) is 6.18 Å². The molecule has 0 fully saturated rings. The summed E-state index contributed by atoms with van der Waals surface area (Å²) in [5.41, 5.74) is 3.88. The van der Waals surface area contributed by atoms with Gasteiger partial charge in [-0.2, -0.15) is 22.0 Å². The fraction of sp³-hybridized carbons (Fsp3) is 0.250. The number of nitrogen functional groups attached to an aromatic ring is 1. The number of halogens is 6. The van der Waals surface area contributed by atoms with Gasteiger partial charge in [0.25, 0.3) is 0 Å². The lowest BCUT2D eigenvalue weighted by Crippen LogP contribution is -2.33. The molecule has 0 aliphatic carbocycles. The Morgan fingerprint density at radius 2 is 1.60 bits per heavy atom. The van der Waals surface area contributed by atoms with Crippen LogP contribution in [0.4, 0.5) is 27.6 Å². The summed E-state index contributed by atoms with van der Waals surface area (Å²) in [5.74, 6) is -4.97. The maximum absolute atomic E-state index is 12.8. The van der Waals surface area contributed by atoms with Crippen molar-refractivity contribution in [2.24, 2.45) is 0 Å². The van der Waals surface area contributed by atoms with Crippen molar-refractivity contribution < 1.29 is 22.0 Å². The number of rotatable bonds is 1. The Balaban J connectivity index is 3.28. The van der Waals surface area contributed by atoms with Crippen LogP contribution in [0, 0.1) is 0 Å². The van der Waals surface area contributed by atoms with E-state index in [9.17, 15) is 22.0 Å². The molecule has 7 heteroatoms. The zero-order chi connectivity index (χ0) is 11.9. The molecule has 1 aromatic carbocycles. The topological polar surface area (TPSA) is 26.0 Å². The van der Waals surface area contributed by atoms with Gasteiger partial charge in [-0.05, 0) is 18.2 Å². The Hall–Kier alpha value is -1.04. The Labute approximate surface area is 86.6 Å². The van der Waals surface area contributed by atoms with Crippen LogP contribution in [0.3, 0.4) is 0 Å². The fourth-order valence-corrected chi connectivity index (χ4v) is 1.25. The molecule has 15 heavy (non-hydrogen) atoms. The highest BCUT2D eigenvalue weighted by Crippen LogP contribution is 2.46. The third-order valence-electron chi connectivity index (χ3n) is 1.69. The zero-order valence-electron chi connectivity index (χ0n) is 7.08. The first-order valence-electron chi connectivity index (χ1n) is 3.66. The zero-order valence-corrected chi connectivity index (χ0v) is 7.83. The molecule has 0 saturated carbocycles. The lowest BCUT2D eigenvalue weighted by Gasteiger charge is -2.20. The van der Waals surface area contributed by atoms with E-state index in [-0.39, 0.29) is 5.69 Å². The summed E-state index contributed by atoms with van der Waals surface area (Å²) in [6.45, 7) is 0. The van der Waals surface area contributed by atoms with E-state index in [2.05, 4.69) is 0 Å². The van der Waals surface area contributed by atoms with Gasteiger partial charge < -0.3 is 5.73 Å². The second-order valence-corrected chi connectivity index (χ2v) is 3.22. The highest BCUT2D eigenvalue weighted by molar-refractivity contribution is 6.31. The number of anilines is 1. The normalized spacial score (nSPS) is 12.9. The summed E-state index contributed by atoms with van der Waals surface area (Å²) < 4.78 is 61.5. The van der Waals surface area contributed by atoms with Gasteiger partial charge >= 0.3 is 12.1 Å². The first kappa shape index (κ1) is 12.0. The minimum Gasteiger partial charge on any atom is -0.399 e. The maximum Gasteiger partial charge on any atom is 0.458 e. The summed E-state index contributed by atoms with van der Waals surface area (Å²) in [7, 11) is 0. The molecule has 0 amide bonds. The molecule has 0 atom stereocenters. The van der Waals surface area contributed by atoms with Gasteiger partial charge in [0.05, 0.1) is 5.02 Å². The molecule has 84 valence electrons. The van der Waals surface area contributed by atoms with Crippen molar-refractivity contribution in [3.63, 3.8) is 0 Å². The molecule has 0 spiro atoms. The van der Waals surface area contributed by atoms with Crippen LogP contribution in [0.2, 0.25) is 5.02 Å². The van der Waals surface area contributed by atoms with E-state index < -0.39 is 22.7 Å². The van der Waals surface area contributed by atoms with E-state index in [1.165, 1.54) is 0 Å². The monoisotopic (exact) mass is 245 g/mol. The molecule has 0 aliphatic heterocycles. The van der Waals surface area contributed by atoms with Gasteiger partial charge in [0.2, 0.25) is 0 Å². The average molecular weight is 246 g/mol. The average Bonchev–Trinajstić information content (AvgIpc) is 2.00. The van der Waals surface area contributed by atoms with Gasteiger partial charge in [0.1, 0.15) is 0 Å². The number of alkyl halides is 5. The predicted octanol–water partition coefficient (Wildman–Crippen LogP) is 3.58. The molecule has 2 N–H and O–H groups in total. The molecular weight excluding hydrogens is 241 g/mol. The second kappa shape index (κ2) is 3.52. The molecule has 0 radical (unpaired) electrons. The Bertz CT molecular complexity index is 374. The summed E-state index contributed by atoms with van der Waals surface area (Å²) in [6, 6.07) is 2.34. The number of hydrogen-bond donors (Lipinski definition) is 1. The fourth-order valence-electron chi connectivity index (χ4n) is 0.939. The summed E-state index contributed by atoms with van der Waals surface area (Å²) in [4.78, 5) is 0. The predicted molar refractivity (Wildman–Crippen MR) is 45.8 cm³/mol. The molecule has 1 aromatic rings. The molecule has 0 bridgehead atoms. The quantitative estimate of drug-likeness (QED) is 0.594. The smallest absolute Gasteiger partial charge is 0.399 e. The third-order valence-corrected chi connectivity index (χ3v) is 2.00. The van der Waals surface area contributed by atoms with Gasteiger partial charge in [-0.15, -0.1) is 0 Å². The lowest BCUT2D eigenvalue weighted by atomic mass is 10.1. The van der Waals surface area contributed by atoms with Crippen molar-refractivity contribution >= 4 is 17.3 Å². The van der Waals surface area contributed by atoms with Crippen LogP contribution in [0.1, 0.15) is 5.56 Å². The molecule has 0 aliphatic rings. The van der Waals surface area contributed by atoms with E-state index in [0.29, 0.717) is 6.07 Å². The van der Waals surface area contributed by atoms with Crippen LogP contribution in [0.15, 0.2) is 18.2 Å². The van der Waals surface area contributed by atoms with Crippen molar-refractivity contribution in [3.8, 4) is 0 Å². The lowest BCUT2D eigenvalue weighted by molar-refractivity contribution is -0.289. The Kier molecular flexibility index (Phi) is 2.82. The van der Waals surface area contributed by atoms with E-state index in [4.69, 9.17) is 17.3 Å². The van der Waals surface area contributed by atoms with Gasteiger partial charge in [0, 0.05) is 11.3 Å². The Morgan fingerprint density at radius 3 is 2.00 bits per heavy atom. The maximum atomic E-state index is 12.8.